The molecule has 0 bridgehead atoms. The first kappa shape index (κ1) is 23.3. The summed E-state index contributed by atoms with van der Waals surface area (Å²) in [6.07, 6.45) is 1.86. The number of sulfonamides is 1. The van der Waals surface area contributed by atoms with Crippen molar-refractivity contribution < 1.29 is 17.6 Å². The van der Waals surface area contributed by atoms with Crippen LogP contribution in [0.3, 0.4) is 0 Å². The van der Waals surface area contributed by atoms with Gasteiger partial charge in [-0.3, -0.25) is 4.79 Å². The molecule has 1 N–H and O–H groups in total. The molecule has 9 heteroatoms. The van der Waals surface area contributed by atoms with Gasteiger partial charge in [0.15, 0.2) is 5.58 Å². The van der Waals surface area contributed by atoms with Crippen LogP contribution in [0.5, 0.6) is 0 Å². The van der Waals surface area contributed by atoms with Gasteiger partial charge in [0.2, 0.25) is 10.0 Å². The quantitative estimate of drug-likeness (QED) is 0.541. The van der Waals surface area contributed by atoms with Crippen LogP contribution in [0.2, 0.25) is 0 Å². The van der Waals surface area contributed by atoms with Gasteiger partial charge in [-0.1, -0.05) is 26.0 Å². The number of aromatic nitrogens is 1. The highest BCUT2D eigenvalue weighted by atomic mass is 32.2. The largest absolute Gasteiger partial charge is 0.423 e. The van der Waals surface area contributed by atoms with Crippen LogP contribution in [-0.2, 0) is 10.0 Å². The van der Waals surface area contributed by atoms with Crippen molar-refractivity contribution in [1.82, 2.24) is 14.6 Å². The molecule has 4 rings (SSSR count). The molecule has 0 radical (unpaired) electrons. The highest BCUT2D eigenvalue weighted by Gasteiger charge is 2.24. The Balaban J connectivity index is 1.29. The number of anilines is 1. The van der Waals surface area contributed by atoms with Crippen molar-refractivity contribution >= 4 is 33.0 Å². The van der Waals surface area contributed by atoms with Gasteiger partial charge in [-0.2, -0.15) is 9.29 Å². The molecular formula is C24H30N4O4S. The number of carbonyl (C=O) groups excluding carboxylic acids is 1. The molecule has 0 unspecified atom stereocenters. The van der Waals surface area contributed by atoms with Crippen LogP contribution in [0.25, 0.3) is 11.1 Å². The van der Waals surface area contributed by atoms with Crippen molar-refractivity contribution in [2.45, 2.75) is 31.6 Å². The van der Waals surface area contributed by atoms with Crippen molar-refractivity contribution in [3.63, 3.8) is 0 Å². The summed E-state index contributed by atoms with van der Waals surface area (Å²) in [4.78, 5) is 19.5. The van der Waals surface area contributed by atoms with E-state index in [2.05, 4.69) is 15.2 Å². The molecule has 1 amide bonds. The Hall–Kier alpha value is -2.91. The average molecular weight is 471 g/mol. The number of oxazole rings is 1. The van der Waals surface area contributed by atoms with Crippen molar-refractivity contribution in [2.24, 2.45) is 5.92 Å². The predicted octanol–water partition coefficient (Wildman–Crippen LogP) is 3.50. The van der Waals surface area contributed by atoms with E-state index in [0.717, 1.165) is 37.0 Å². The van der Waals surface area contributed by atoms with E-state index in [1.165, 1.54) is 16.4 Å². The molecule has 2 aromatic carbocycles. The second kappa shape index (κ2) is 9.93. The summed E-state index contributed by atoms with van der Waals surface area (Å²) < 4.78 is 32.5. The van der Waals surface area contributed by atoms with Crippen molar-refractivity contribution in [3.8, 4) is 0 Å². The fourth-order valence-electron chi connectivity index (χ4n) is 4.15. The van der Waals surface area contributed by atoms with Gasteiger partial charge in [0.25, 0.3) is 11.9 Å². The van der Waals surface area contributed by atoms with Gasteiger partial charge in [-0.15, -0.1) is 0 Å². The number of hydrogen-bond acceptors (Lipinski definition) is 6. The van der Waals surface area contributed by atoms with E-state index in [9.17, 15) is 13.2 Å². The number of carbonyl (C=O) groups is 1. The van der Waals surface area contributed by atoms with Gasteiger partial charge < -0.3 is 14.6 Å². The van der Waals surface area contributed by atoms with E-state index in [4.69, 9.17) is 4.42 Å². The topological polar surface area (TPSA) is 95.8 Å². The Morgan fingerprint density at radius 3 is 2.39 bits per heavy atom. The van der Waals surface area contributed by atoms with Crippen molar-refractivity contribution in [1.29, 1.82) is 0 Å². The van der Waals surface area contributed by atoms with Crippen LogP contribution in [0.1, 0.15) is 37.0 Å². The normalized spacial score (nSPS) is 15.3. The lowest BCUT2D eigenvalue weighted by Crippen LogP contribution is -2.38. The number of para-hydroxylation sites is 2. The summed E-state index contributed by atoms with van der Waals surface area (Å²) in [6.45, 7) is 6.66. The number of fused-ring (bicyclic) bond motifs is 1. The third-order valence-corrected chi connectivity index (χ3v) is 8.24. The lowest BCUT2D eigenvalue weighted by atomic mass is 9.97. The third-order valence-electron chi connectivity index (χ3n) is 6.18. The summed E-state index contributed by atoms with van der Waals surface area (Å²) >= 11 is 0. The minimum absolute atomic E-state index is 0.192. The van der Waals surface area contributed by atoms with E-state index in [0.29, 0.717) is 37.1 Å². The molecule has 0 spiro atoms. The summed E-state index contributed by atoms with van der Waals surface area (Å²) in [6, 6.07) is 14.5. The van der Waals surface area contributed by atoms with Crippen LogP contribution in [0, 0.1) is 5.92 Å². The van der Waals surface area contributed by atoms with E-state index in [1.54, 1.807) is 26.0 Å². The van der Waals surface area contributed by atoms with Gasteiger partial charge in [0.05, 0.1) is 4.90 Å². The van der Waals surface area contributed by atoms with Crippen LogP contribution in [-0.4, -0.2) is 56.3 Å². The van der Waals surface area contributed by atoms with Crippen molar-refractivity contribution in [2.75, 3.05) is 37.6 Å². The molecule has 1 fully saturated rings. The zero-order valence-corrected chi connectivity index (χ0v) is 19.8. The second-order valence-corrected chi connectivity index (χ2v) is 10.2. The number of hydrogen-bond donors (Lipinski definition) is 1. The molecule has 176 valence electrons. The summed E-state index contributed by atoms with van der Waals surface area (Å²) in [5, 5.41) is 2.99. The van der Waals surface area contributed by atoms with Crippen LogP contribution >= 0.6 is 0 Å². The molecular weight excluding hydrogens is 440 g/mol. The molecule has 0 saturated carbocycles. The molecule has 1 aliphatic rings. The predicted molar refractivity (Wildman–Crippen MR) is 128 cm³/mol. The summed E-state index contributed by atoms with van der Waals surface area (Å²) in [5.74, 6) is 0.181. The molecule has 1 aromatic heterocycles. The highest BCUT2D eigenvalue weighted by molar-refractivity contribution is 7.89. The highest BCUT2D eigenvalue weighted by Crippen LogP contribution is 2.26. The van der Waals surface area contributed by atoms with Gasteiger partial charge in [-0.05, 0) is 55.2 Å². The van der Waals surface area contributed by atoms with Gasteiger partial charge in [-0.25, -0.2) is 8.42 Å². The van der Waals surface area contributed by atoms with E-state index in [1.807, 2.05) is 24.3 Å². The minimum atomic E-state index is -3.53. The molecule has 33 heavy (non-hydrogen) atoms. The lowest BCUT2D eigenvalue weighted by Gasteiger charge is -2.30. The molecule has 2 heterocycles. The van der Waals surface area contributed by atoms with Crippen molar-refractivity contribution in [3.05, 3.63) is 54.1 Å². The van der Waals surface area contributed by atoms with Crippen LogP contribution in [0.4, 0.5) is 6.01 Å². The SMILES string of the molecule is CCN(CC)S(=O)(=O)c1ccc(C(=O)NCC2CCN(c3nc4ccccc4o3)CC2)cc1. The Morgan fingerprint density at radius 2 is 1.76 bits per heavy atom. The van der Waals surface area contributed by atoms with E-state index < -0.39 is 10.0 Å². The van der Waals surface area contributed by atoms with E-state index >= 15 is 0 Å². The minimum Gasteiger partial charge on any atom is -0.423 e. The first-order chi connectivity index (χ1) is 15.9. The molecule has 0 atom stereocenters. The van der Waals surface area contributed by atoms with Crippen LogP contribution < -0.4 is 10.2 Å². The first-order valence-electron chi connectivity index (χ1n) is 11.4. The third kappa shape index (κ3) is 5.04. The summed E-state index contributed by atoms with van der Waals surface area (Å²) in [7, 11) is -3.53. The number of nitrogens with one attached hydrogen (secondary N) is 1. The number of rotatable bonds is 8. The summed E-state index contributed by atoms with van der Waals surface area (Å²) in [5.41, 5.74) is 2.10. The molecule has 8 nitrogen and oxygen atoms in total. The zero-order valence-electron chi connectivity index (χ0n) is 19.0. The van der Waals surface area contributed by atoms with Gasteiger partial charge in [0.1, 0.15) is 5.52 Å². The monoisotopic (exact) mass is 470 g/mol. The second-order valence-electron chi connectivity index (χ2n) is 8.22. The molecule has 3 aromatic rings. The number of piperidine rings is 1. The maximum Gasteiger partial charge on any atom is 0.298 e. The molecule has 1 saturated heterocycles. The fraction of sp³-hybridized carbons (Fsp3) is 0.417. The molecule has 0 aliphatic carbocycles. The first-order valence-corrected chi connectivity index (χ1v) is 12.8. The maximum absolute atomic E-state index is 12.6. The van der Waals surface area contributed by atoms with Gasteiger partial charge in [0, 0.05) is 38.3 Å². The Labute approximate surface area is 194 Å². The van der Waals surface area contributed by atoms with Crippen LogP contribution in [0.15, 0.2) is 57.8 Å². The van der Waals surface area contributed by atoms with Gasteiger partial charge >= 0.3 is 0 Å². The lowest BCUT2D eigenvalue weighted by molar-refractivity contribution is 0.0944. The number of benzene rings is 2. The number of nitrogens with zero attached hydrogens (tertiary/aromatic N) is 3. The Bertz CT molecular complexity index is 1160. The average Bonchev–Trinajstić information content (AvgIpc) is 3.28. The Kier molecular flexibility index (Phi) is 6.99. The standard InChI is InChI=1S/C24H30N4O4S/c1-3-28(4-2)33(30,31)20-11-9-19(10-12-20)23(29)25-17-18-13-15-27(16-14-18)24-26-21-7-5-6-8-22(21)32-24/h5-12,18H,3-4,13-17H2,1-2H3,(H,25,29). The smallest absolute Gasteiger partial charge is 0.298 e. The fourth-order valence-corrected chi connectivity index (χ4v) is 5.61. The maximum atomic E-state index is 12.6. The van der Waals surface area contributed by atoms with E-state index in [-0.39, 0.29) is 10.8 Å². The molecule has 1 aliphatic heterocycles. The Morgan fingerprint density at radius 1 is 1.09 bits per heavy atom. The zero-order chi connectivity index (χ0) is 23.4. The number of amides is 1.